The zero-order chi connectivity index (χ0) is 16.7. The molecule has 2 heterocycles. The summed E-state index contributed by atoms with van der Waals surface area (Å²) in [7, 11) is 0. The lowest BCUT2D eigenvalue weighted by atomic mass is 10.2. The standard InChI is InChI=1S/C16H9Cl3N2O2S/c17-9-2-3-10-13(14(9)18)15(21-16(19)20-10)24-6-8-1-4-11-12(5-8)23-7-22-11/h1-5H,6-7H2. The first-order valence-electron chi connectivity index (χ1n) is 6.94. The van der Waals surface area contributed by atoms with E-state index in [0.29, 0.717) is 31.7 Å². The Morgan fingerprint density at radius 2 is 1.83 bits per heavy atom. The van der Waals surface area contributed by atoms with E-state index in [9.17, 15) is 0 Å². The first-order chi connectivity index (χ1) is 11.6. The van der Waals surface area contributed by atoms with Crippen LogP contribution < -0.4 is 9.47 Å². The van der Waals surface area contributed by atoms with E-state index in [4.69, 9.17) is 44.3 Å². The van der Waals surface area contributed by atoms with Gasteiger partial charge in [0.2, 0.25) is 12.1 Å². The Hall–Kier alpha value is -1.40. The van der Waals surface area contributed by atoms with Gasteiger partial charge in [0.25, 0.3) is 0 Å². The number of hydrogen-bond acceptors (Lipinski definition) is 5. The summed E-state index contributed by atoms with van der Waals surface area (Å²) in [5, 5.41) is 2.46. The van der Waals surface area contributed by atoms with Gasteiger partial charge in [-0.15, -0.1) is 11.8 Å². The zero-order valence-electron chi connectivity index (χ0n) is 12.1. The minimum Gasteiger partial charge on any atom is -0.454 e. The lowest BCUT2D eigenvalue weighted by Gasteiger charge is -2.09. The summed E-state index contributed by atoms with van der Waals surface area (Å²) in [6.45, 7) is 0.256. The fourth-order valence-corrected chi connectivity index (χ4v) is 4.06. The molecule has 2 aromatic carbocycles. The lowest BCUT2D eigenvalue weighted by molar-refractivity contribution is 0.174. The van der Waals surface area contributed by atoms with Crippen molar-refractivity contribution < 1.29 is 9.47 Å². The topological polar surface area (TPSA) is 44.2 Å². The Labute approximate surface area is 157 Å². The summed E-state index contributed by atoms with van der Waals surface area (Å²) >= 11 is 20.0. The van der Waals surface area contributed by atoms with Crippen molar-refractivity contribution in [1.82, 2.24) is 9.97 Å². The Morgan fingerprint density at radius 1 is 1.00 bits per heavy atom. The fraction of sp³-hybridized carbons (Fsp3) is 0.125. The van der Waals surface area contributed by atoms with Crippen molar-refractivity contribution >= 4 is 57.5 Å². The van der Waals surface area contributed by atoms with Crippen molar-refractivity contribution in [2.24, 2.45) is 0 Å². The van der Waals surface area contributed by atoms with Crippen LogP contribution in [0.2, 0.25) is 15.3 Å². The predicted molar refractivity (Wildman–Crippen MR) is 96.7 cm³/mol. The molecule has 1 aliphatic rings. The molecule has 1 aromatic heterocycles. The molecule has 0 radical (unpaired) electrons. The van der Waals surface area contributed by atoms with Gasteiger partial charge in [-0.05, 0) is 41.4 Å². The minimum absolute atomic E-state index is 0.175. The van der Waals surface area contributed by atoms with E-state index in [1.54, 1.807) is 12.1 Å². The van der Waals surface area contributed by atoms with Crippen molar-refractivity contribution in [2.45, 2.75) is 10.8 Å². The molecule has 0 spiro atoms. The third-order valence-electron chi connectivity index (χ3n) is 3.51. The Kier molecular flexibility index (Phi) is 4.35. The Bertz CT molecular complexity index is 952. The molecule has 8 heteroatoms. The largest absolute Gasteiger partial charge is 0.454 e. The number of hydrogen-bond donors (Lipinski definition) is 0. The van der Waals surface area contributed by atoms with Crippen LogP contribution in [0.1, 0.15) is 5.56 Å². The molecule has 24 heavy (non-hydrogen) atoms. The van der Waals surface area contributed by atoms with Crippen molar-refractivity contribution in [3.05, 3.63) is 51.2 Å². The van der Waals surface area contributed by atoms with Crippen LogP contribution in [-0.2, 0) is 5.75 Å². The first-order valence-corrected chi connectivity index (χ1v) is 9.06. The summed E-state index contributed by atoms with van der Waals surface area (Å²) < 4.78 is 10.7. The third-order valence-corrected chi connectivity index (χ3v) is 5.53. The van der Waals surface area contributed by atoms with Crippen LogP contribution >= 0.6 is 46.6 Å². The van der Waals surface area contributed by atoms with Gasteiger partial charge in [-0.25, -0.2) is 9.97 Å². The molecule has 122 valence electrons. The van der Waals surface area contributed by atoms with E-state index in [1.165, 1.54) is 11.8 Å². The summed E-state index contributed by atoms with van der Waals surface area (Å²) in [6.07, 6.45) is 0. The van der Waals surface area contributed by atoms with Gasteiger partial charge in [0.1, 0.15) is 5.03 Å². The second kappa shape index (κ2) is 6.48. The molecule has 0 bridgehead atoms. The molecule has 0 N–H and O–H groups in total. The van der Waals surface area contributed by atoms with Gasteiger partial charge in [0.05, 0.1) is 20.9 Å². The number of thioether (sulfide) groups is 1. The summed E-state index contributed by atoms with van der Waals surface area (Å²) in [5.41, 5.74) is 1.74. The maximum Gasteiger partial charge on any atom is 0.231 e. The predicted octanol–water partition coefficient (Wildman–Crippen LogP) is 5.61. The number of ether oxygens (including phenoxy) is 2. The molecule has 0 unspecified atom stereocenters. The van der Waals surface area contributed by atoms with E-state index in [1.807, 2.05) is 18.2 Å². The van der Waals surface area contributed by atoms with Gasteiger partial charge in [-0.1, -0.05) is 29.3 Å². The maximum absolute atomic E-state index is 6.34. The molecule has 0 fully saturated rings. The second-order valence-electron chi connectivity index (χ2n) is 5.03. The van der Waals surface area contributed by atoms with Gasteiger partial charge in [-0.3, -0.25) is 0 Å². The number of rotatable bonds is 3. The number of nitrogens with zero attached hydrogens (tertiary/aromatic N) is 2. The molecule has 4 nitrogen and oxygen atoms in total. The Morgan fingerprint density at radius 3 is 2.71 bits per heavy atom. The monoisotopic (exact) mass is 398 g/mol. The average Bonchev–Trinajstić information content (AvgIpc) is 3.03. The average molecular weight is 400 g/mol. The molecular weight excluding hydrogens is 391 g/mol. The van der Waals surface area contributed by atoms with Crippen LogP contribution in [0.5, 0.6) is 11.5 Å². The molecule has 3 aromatic rings. The number of benzene rings is 2. The van der Waals surface area contributed by atoms with E-state index < -0.39 is 0 Å². The van der Waals surface area contributed by atoms with Crippen molar-refractivity contribution in [1.29, 1.82) is 0 Å². The van der Waals surface area contributed by atoms with Gasteiger partial charge in [0, 0.05) is 5.75 Å². The smallest absolute Gasteiger partial charge is 0.231 e. The van der Waals surface area contributed by atoms with Gasteiger partial charge < -0.3 is 9.47 Å². The minimum atomic E-state index is 0.175. The van der Waals surface area contributed by atoms with Crippen LogP contribution in [0.3, 0.4) is 0 Å². The fourth-order valence-electron chi connectivity index (χ4n) is 2.39. The molecule has 0 amide bonds. The quantitative estimate of drug-likeness (QED) is 0.325. The second-order valence-corrected chi connectivity index (χ2v) is 7.12. The van der Waals surface area contributed by atoms with Crippen LogP contribution in [0, 0.1) is 0 Å². The van der Waals surface area contributed by atoms with Gasteiger partial charge in [-0.2, -0.15) is 0 Å². The summed E-state index contributed by atoms with van der Waals surface area (Å²) in [4.78, 5) is 8.51. The highest BCUT2D eigenvalue weighted by Gasteiger charge is 2.16. The number of aromatic nitrogens is 2. The zero-order valence-corrected chi connectivity index (χ0v) is 15.1. The third kappa shape index (κ3) is 2.97. The van der Waals surface area contributed by atoms with Crippen molar-refractivity contribution in [3.63, 3.8) is 0 Å². The lowest BCUT2D eigenvalue weighted by Crippen LogP contribution is -1.93. The highest BCUT2D eigenvalue weighted by Crippen LogP contribution is 2.38. The van der Waals surface area contributed by atoms with Gasteiger partial charge >= 0.3 is 0 Å². The maximum atomic E-state index is 6.34. The van der Waals surface area contributed by atoms with Crippen LogP contribution in [0.15, 0.2) is 35.4 Å². The highest BCUT2D eigenvalue weighted by molar-refractivity contribution is 7.98. The highest BCUT2D eigenvalue weighted by atomic mass is 35.5. The van der Waals surface area contributed by atoms with E-state index in [-0.39, 0.29) is 12.1 Å². The molecule has 4 rings (SSSR count). The van der Waals surface area contributed by atoms with Gasteiger partial charge in [0.15, 0.2) is 11.5 Å². The summed E-state index contributed by atoms with van der Waals surface area (Å²) in [5.74, 6) is 2.18. The SMILES string of the molecule is Clc1nc(SCc2ccc3c(c2)OCO3)c2c(Cl)c(Cl)ccc2n1. The normalized spacial score (nSPS) is 12.8. The summed E-state index contributed by atoms with van der Waals surface area (Å²) in [6, 6.07) is 9.31. The van der Waals surface area contributed by atoms with Crippen LogP contribution in [-0.4, -0.2) is 16.8 Å². The van der Waals surface area contributed by atoms with E-state index in [2.05, 4.69) is 9.97 Å². The molecule has 0 saturated heterocycles. The first kappa shape index (κ1) is 16.1. The number of fused-ring (bicyclic) bond motifs is 2. The molecule has 1 aliphatic heterocycles. The van der Waals surface area contributed by atoms with Crippen molar-refractivity contribution in [3.8, 4) is 11.5 Å². The van der Waals surface area contributed by atoms with Crippen LogP contribution in [0.4, 0.5) is 0 Å². The molecular formula is C16H9Cl3N2O2S. The van der Waals surface area contributed by atoms with Crippen LogP contribution in [0.25, 0.3) is 10.9 Å². The molecule has 0 aliphatic carbocycles. The van der Waals surface area contributed by atoms with E-state index >= 15 is 0 Å². The Balaban J connectivity index is 1.68. The number of halogens is 3. The van der Waals surface area contributed by atoms with E-state index in [0.717, 1.165) is 17.1 Å². The molecule has 0 atom stereocenters. The van der Waals surface area contributed by atoms with Crippen molar-refractivity contribution in [2.75, 3.05) is 6.79 Å². The molecule has 0 saturated carbocycles.